The molecule has 0 bridgehead atoms. The smallest absolute Gasteiger partial charge is 0.338 e. The normalized spacial score (nSPS) is 17.1. The maximum Gasteiger partial charge on any atom is 0.338 e. The highest BCUT2D eigenvalue weighted by atomic mass is 16.5. The first-order valence-electron chi connectivity index (χ1n) is 9.93. The van der Waals surface area contributed by atoms with Crippen LogP contribution in [0, 0.1) is 5.41 Å². The van der Waals surface area contributed by atoms with Crippen molar-refractivity contribution in [1.82, 2.24) is 10.2 Å². The minimum atomic E-state index is -0.608. The summed E-state index contributed by atoms with van der Waals surface area (Å²) in [4.78, 5) is 38.7. The maximum absolute atomic E-state index is 12.6. The van der Waals surface area contributed by atoms with Crippen LogP contribution in [0.2, 0.25) is 0 Å². The van der Waals surface area contributed by atoms with Crippen molar-refractivity contribution in [2.45, 2.75) is 54.0 Å². The fourth-order valence-electron chi connectivity index (χ4n) is 3.33. The van der Waals surface area contributed by atoms with Gasteiger partial charge in [-0.3, -0.25) is 9.69 Å². The molecule has 158 valence electrons. The third-order valence-electron chi connectivity index (χ3n) is 4.63. The molecule has 3 amide bonds. The van der Waals surface area contributed by atoms with E-state index in [1.54, 1.807) is 38.1 Å². The van der Waals surface area contributed by atoms with E-state index in [1.807, 2.05) is 27.7 Å². The summed E-state index contributed by atoms with van der Waals surface area (Å²) in [5, 5.41) is 5.76. The highest BCUT2D eigenvalue weighted by molar-refractivity contribution is 5.95. The second kappa shape index (κ2) is 9.11. The number of carbonyl (C=O) groups is 3. The van der Waals surface area contributed by atoms with Crippen LogP contribution >= 0.6 is 0 Å². The van der Waals surface area contributed by atoms with Crippen molar-refractivity contribution in [2.75, 3.05) is 18.5 Å². The van der Waals surface area contributed by atoms with Gasteiger partial charge in [0.05, 0.1) is 18.2 Å². The predicted octanol–water partition coefficient (Wildman–Crippen LogP) is 3.98. The Hall–Kier alpha value is -2.83. The van der Waals surface area contributed by atoms with Gasteiger partial charge in [-0.2, -0.15) is 0 Å². The average Bonchev–Trinajstić information content (AvgIpc) is 2.60. The number of amides is 3. The zero-order valence-electron chi connectivity index (χ0n) is 18.1. The van der Waals surface area contributed by atoms with E-state index in [9.17, 15) is 14.4 Å². The van der Waals surface area contributed by atoms with Gasteiger partial charge in [-0.25, -0.2) is 9.59 Å². The number of allylic oxidation sites excluding steroid dienone is 1. The van der Waals surface area contributed by atoms with Crippen molar-refractivity contribution in [2.24, 2.45) is 5.41 Å². The SMILES string of the molecule is CCOC(=O)C1=C(C)N(CC)C(=O)NC1c1ccc(NC(=O)CC(C)(C)C)cc1. The van der Waals surface area contributed by atoms with Gasteiger partial charge in [0.1, 0.15) is 0 Å². The van der Waals surface area contributed by atoms with Crippen molar-refractivity contribution in [3.05, 3.63) is 41.1 Å². The fourth-order valence-corrected chi connectivity index (χ4v) is 3.33. The van der Waals surface area contributed by atoms with E-state index in [0.29, 0.717) is 29.9 Å². The molecule has 7 nitrogen and oxygen atoms in total. The van der Waals surface area contributed by atoms with E-state index < -0.39 is 12.0 Å². The fraction of sp³-hybridized carbons (Fsp3) is 0.500. The Labute approximate surface area is 172 Å². The van der Waals surface area contributed by atoms with Crippen LogP contribution in [0.25, 0.3) is 0 Å². The Bertz CT molecular complexity index is 806. The zero-order chi connectivity index (χ0) is 21.8. The molecule has 1 aromatic carbocycles. The topological polar surface area (TPSA) is 87.7 Å². The van der Waals surface area contributed by atoms with Crippen LogP contribution in [0.4, 0.5) is 10.5 Å². The number of hydrogen-bond acceptors (Lipinski definition) is 4. The molecule has 1 heterocycles. The van der Waals surface area contributed by atoms with E-state index in [2.05, 4.69) is 10.6 Å². The number of ether oxygens (including phenoxy) is 1. The lowest BCUT2D eigenvalue weighted by atomic mass is 9.92. The molecular formula is C22H31N3O4. The van der Waals surface area contributed by atoms with Gasteiger partial charge in [-0.1, -0.05) is 32.9 Å². The van der Waals surface area contributed by atoms with Crippen LogP contribution in [0.1, 0.15) is 59.6 Å². The highest BCUT2D eigenvalue weighted by Gasteiger charge is 2.35. The molecule has 1 aromatic rings. The minimum absolute atomic E-state index is 0.0576. The Morgan fingerprint density at radius 3 is 2.31 bits per heavy atom. The molecule has 1 aliphatic heterocycles. The average molecular weight is 402 g/mol. The molecule has 0 aliphatic carbocycles. The molecule has 0 saturated heterocycles. The summed E-state index contributed by atoms with van der Waals surface area (Å²) in [5.74, 6) is -0.506. The summed E-state index contributed by atoms with van der Waals surface area (Å²) in [6, 6.07) is 6.27. The molecular weight excluding hydrogens is 370 g/mol. The van der Waals surface area contributed by atoms with Gasteiger partial charge in [-0.05, 0) is 43.9 Å². The predicted molar refractivity (Wildman–Crippen MR) is 112 cm³/mol. The van der Waals surface area contributed by atoms with E-state index >= 15 is 0 Å². The summed E-state index contributed by atoms with van der Waals surface area (Å²) in [6.07, 6.45) is 0.412. The summed E-state index contributed by atoms with van der Waals surface area (Å²) in [5.41, 5.74) is 2.31. The number of urea groups is 1. The summed E-state index contributed by atoms with van der Waals surface area (Å²) in [6.45, 7) is 12.1. The molecule has 7 heteroatoms. The first kappa shape index (κ1) is 22.5. The van der Waals surface area contributed by atoms with Gasteiger partial charge in [0, 0.05) is 24.4 Å². The van der Waals surface area contributed by atoms with E-state index in [1.165, 1.54) is 4.90 Å². The molecule has 0 radical (unpaired) electrons. The lowest BCUT2D eigenvalue weighted by molar-refractivity contribution is -0.139. The first-order chi connectivity index (χ1) is 13.6. The number of benzene rings is 1. The van der Waals surface area contributed by atoms with E-state index in [-0.39, 0.29) is 24.0 Å². The van der Waals surface area contributed by atoms with Gasteiger partial charge in [-0.15, -0.1) is 0 Å². The van der Waals surface area contributed by atoms with E-state index in [4.69, 9.17) is 4.74 Å². The molecule has 0 spiro atoms. The third-order valence-corrected chi connectivity index (χ3v) is 4.63. The van der Waals surface area contributed by atoms with Crippen LogP contribution in [0.15, 0.2) is 35.5 Å². The number of rotatable bonds is 6. The van der Waals surface area contributed by atoms with Gasteiger partial charge in [0.2, 0.25) is 5.91 Å². The number of hydrogen-bond donors (Lipinski definition) is 2. The molecule has 0 fully saturated rings. The lowest BCUT2D eigenvalue weighted by Crippen LogP contribution is -2.47. The third kappa shape index (κ3) is 5.59. The molecule has 2 N–H and O–H groups in total. The Balaban J connectivity index is 2.29. The van der Waals surface area contributed by atoms with Gasteiger partial charge in [0.25, 0.3) is 0 Å². The quantitative estimate of drug-likeness (QED) is 0.706. The van der Waals surface area contributed by atoms with Crippen LogP contribution in [-0.4, -0.2) is 36.0 Å². The lowest BCUT2D eigenvalue weighted by Gasteiger charge is -2.34. The van der Waals surface area contributed by atoms with Gasteiger partial charge < -0.3 is 15.4 Å². The van der Waals surface area contributed by atoms with Crippen LogP contribution in [-0.2, 0) is 14.3 Å². The van der Waals surface area contributed by atoms with Crippen molar-refractivity contribution in [1.29, 1.82) is 0 Å². The monoisotopic (exact) mass is 401 g/mol. The number of esters is 1. The van der Waals surface area contributed by atoms with Crippen molar-refractivity contribution in [3.63, 3.8) is 0 Å². The molecule has 2 rings (SSSR count). The summed E-state index contributed by atoms with van der Waals surface area (Å²) in [7, 11) is 0. The van der Waals surface area contributed by atoms with Crippen molar-refractivity contribution < 1.29 is 19.1 Å². The number of nitrogens with zero attached hydrogens (tertiary/aromatic N) is 1. The van der Waals surface area contributed by atoms with Gasteiger partial charge >= 0.3 is 12.0 Å². The van der Waals surface area contributed by atoms with E-state index in [0.717, 1.165) is 5.56 Å². The Morgan fingerprint density at radius 2 is 1.79 bits per heavy atom. The Morgan fingerprint density at radius 1 is 1.17 bits per heavy atom. The van der Waals surface area contributed by atoms with Gasteiger partial charge in [0.15, 0.2) is 0 Å². The molecule has 1 unspecified atom stereocenters. The standard InChI is InChI=1S/C22H31N3O4/c1-7-25-14(3)18(20(27)29-8-2)19(24-21(25)28)15-9-11-16(12-10-15)23-17(26)13-22(4,5)6/h9-12,19H,7-8,13H2,1-6H3,(H,23,26)(H,24,28). The second-order valence-corrected chi connectivity index (χ2v) is 8.25. The summed E-state index contributed by atoms with van der Waals surface area (Å²) >= 11 is 0. The molecule has 1 atom stereocenters. The number of anilines is 1. The largest absolute Gasteiger partial charge is 0.463 e. The first-order valence-corrected chi connectivity index (χ1v) is 9.93. The molecule has 0 saturated carbocycles. The van der Waals surface area contributed by atoms with Crippen molar-refractivity contribution in [3.8, 4) is 0 Å². The number of carbonyl (C=O) groups excluding carboxylic acids is 3. The van der Waals surface area contributed by atoms with Crippen LogP contribution < -0.4 is 10.6 Å². The van der Waals surface area contributed by atoms with Crippen LogP contribution in [0.5, 0.6) is 0 Å². The molecule has 0 aromatic heterocycles. The molecule has 29 heavy (non-hydrogen) atoms. The Kier molecular flexibility index (Phi) is 7.06. The molecule has 1 aliphatic rings. The minimum Gasteiger partial charge on any atom is -0.463 e. The van der Waals surface area contributed by atoms with Crippen molar-refractivity contribution >= 4 is 23.6 Å². The zero-order valence-corrected chi connectivity index (χ0v) is 18.1. The second-order valence-electron chi connectivity index (χ2n) is 8.25. The highest BCUT2D eigenvalue weighted by Crippen LogP contribution is 2.32. The van der Waals surface area contributed by atoms with Crippen LogP contribution in [0.3, 0.4) is 0 Å². The number of nitrogens with one attached hydrogen (secondary N) is 2. The summed E-state index contributed by atoms with van der Waals surface area (Å²) < 4.78 is 5.22. The maximum atomic E-state index is 12.6.